The number of rotatable bonds is 7. The second kappa shape index (κ2) is 11.9. The van der Waals surface area contributed by atoms with Gasteiger partial charge in [0.1, 0.15) is 16.5 Å². The van der Waals surface area contributed by atoms with E-state index in [0.717, 1.165) is 30.3 Å². The standard InChI is InChI=1S/C30H20F8N7O5/c1-13-23(18-9-14(31)5-7-20(18)40-13)25-28(49-26(46)29(33,34)35,44(48)45(43-25)50-27(47)30(36,37)38)24-19-10-15(32)6-8-21(19)42-22(24)11-16-3-2-4-17(12-39)41-16/h2-10,40,42H,11-12,39H2,1H3/q+1. The first kappa shape index (κ1) is 34.0. The average molecular weight is 711 g/mol. The maximum atomic E-state index is 14.9. The zero-order chi connectivity index (χ0) is 36.3. The number of benzene rings is 2. The fraction of sp³-hybridized carbons (Fsp3) is 0.200. The van der Waals surface area contributed by atoms with Crippen LogP contribution in [-0.4, -0.2) is 55.1 Å². The molecule has 0 aliphatic carbocycles. The number of H-pyrrole nitrogens is 2. The second-order valence-corrected chi connectivity index (χ2v) is 10.9. The molecule has 5 aromatic rings. The number of hydrazine groups is 1. The molecule has 20 heteroatoms. The molecule has 50 heavy (non-hydrogen) atoms. The molecule has 0 saturated heterocycles. The highest BCUT2D eigenvalue weighted by Crippen LogP contribution is 2.46. The van der Waals surface area contributed by atoms with Gasteiger partial charge in [-0.1, -0.05) is 6.07 Å². The molecule has 0 bridgehead atoms. The summed E-state index contributed by atoms with van der Waals surface area (Å²) in [7, 11) is 0. The summed E-state index contributed by atoms with van der Waals surface area (Å²) in [5.74, 6) is -8.02. The van der Waals surface area contributed by atoms with Gasteiger partial charge >= 0.3 is 30.0 Å². The third-order valence-electron chi connectivity index (χ3n) is 7.59. The number of ether oxygens (including phenoxy) is 1. The number of nitrogens with two attached hydrogens (primary N) is 1. The average Bonchev–Trinajstić information content (AvgIpc) is 3.64. The maximum Gasteiger partial charge on any atom is 0.493 e. The summed E-state index contributed by atoms with van der Waals surface area (Å²) >= 11 is 0. The molecule has 0 amide bonds. The molecule has 4 heterocycles. The number of carbonyl (C=O) groups excluding carboxylic acids is 2. The Hall–Kier alpha value is -5.92. The minimum Gasteiger partial charge on any atom is -0.396 e. The third kappa shape index (κ3) is 5.76. The number of fused-ring (bicyclic) bond motifs is 2. The summed E-state index contributed by atoms with van der Waals surface area (Å²) in [5.41, 5.74) is -0.0641. The van der Waals surface area contributed by atoms with E-state index in [4.69, 9.17) is 10.5 Å². The van der Waals surface area contributed by atoms with E-state index in [1.165, 1.54) is 25.1 Å². The van der Waals surface area contributed by atoms with Gasteiger partial charge in [0.2, 0.25) is 5.28 Å². The Kier molecular flexibility index (Phi) is 8.08. The van der Waals surface area contributed by atoms with Crippen molar-refractivity contribution < 1.29 is 59.2 Å². The quantitative estimate of drug-likeness (QED) is 0.116. The molecule has 1 atom stereocenters. The highest BCUT2D eigenvalue weighted by atomic mass is 19.4. The van der Waals surface area contributed by atoms with Gasteiger partial charge < -0.3 is 20.4 Å². The van der Waals surface area contributed by atoms with Crippen LogP contribution < -0.4 is 5.73 Å². The van der Waals surface area contributed by atoms with E-state index in [1.54, 1.807) is 6.07 Å². The Morgan fingerprint density at radius 1 is 0.900 bits per heavy atom. The highest BCUT2D eigenvalue weighted by molar-refractivity contribution is 6.17. The number of aromatic amines is 2. The van der Waals surface area contributed by atoms with Crippen LogP contribution in [0.4, 0.5) is 35.1 Å². The van der Waals surface area contributed by atoms with E-state index in [-0.39, 0.29) is 40.0 Å². The SMILES string of the molecule is Cc1[nH]c2ccc(F)cc2c1C1=NN(OC(=O)C(F)(F)F)[N+](=O)C1(OC(=O)C(F)(F)F)c1c(Cc2cccc(CN)n2)[nH]c2ccc(F)cc12. The molecule has 0 fully saturated rings. The lowest BCUT2D eigenvalue weighted by atomic mass is 9.88. The summed E-state index contributed by atoms with van der Waals surface area (Å²) in [4.78, 5) is 52.3. The van der Waals surface area contributed by atoms with Crippen LogP contribution in [0.15, 0.2) is 59.7 Å². The van der Waals surface area contributed by atoms with Crippen LogP contribution in [0.2, 0.25) is 0 Å². The van der Waals surface area contributed by atoms with E-state index in [2.05, 4.69) is 24.9 Å². The predicted octanol–water partition coefficient (Wildman–Crippen LogP) is 5.37. The molecule has 260 valence electrons. The normalized spacial score (nSPS) is 16.7. The first-order valence-electron chi connectivity index (χ1n) is 14.1. The van der Waals surface area contributed by atoms with E-state index >= 15 is 0 Å². The summed E-state index contributed by atoms with van der Waals surface area (Å²) in [6.07, 6.45) is -12.0. The van der Waals surface area contributed by atoms with Crippen molar-refractivity contribution in [1.82, 2.24) is 20.2 Å². The topological polar surface area (TPSA) is 159 Å². The van der Waals surface area contributed by atoms with Gasteiger partial charge in [0.25, 0.3) is 5.71 Å². The molecule has 3 aromatic heterocycles. The van der Waals surface area contributed by atoms with Crippen LogP contribution in [0.3, 0.4) is 0 Å². The Labute approximate surface area is 272 Å². The number of alkyl halides is 6. The van der Waals surface area contributed by atoms with Crippen LogP contribution in [0.5, 0.6) is 0 Å². The fourth-order valence-electron chi connectivity index (χ4n) is 5.62. The summed E-state index contributed by atoms with van der Waals surface area (Å²) < 4.78 is 117. The lowest BCUT2D eigenvalue weighted by Crippen LogP contribution is -2.51. The van der Waals surface area contributed by atoms with Gasteiger partial charge in [-0.25, -0.2) is 18.4 Å². The summed E-state index contributed by atoms with van der Waals surface area (Å²) in [6, 6.07) is 10.4. The number of hydrazone groups is 1. The van der Waals surface area contributed by atoms with Gasteiger partial charge in [0, 0.05) is 51.9 Å². The summed E-state index contributed by atoms with van der Waals surface area (Å²) in [6.45, 7) is 1.23. The number of nitrogens with one attached hydrogen (secondary N) is 2. The molecule has 0 radical (unpaired) electrons. The Balaban J connectivity index is 1.73. The van der Waals surface area contributed by atoms with Crippen LogP contribution >= 0.6 is 0 Å². The van der Waals surface area contributed by atoms with Crippen molar-refractivity contribution in [3.8, 4) is 0 Å². The number of hydrogen-bond acceptors (Lipinski definition) is 8. The third-order valence-corrected chi connectivity index (χ3v) is 7.59. The van der Waals surface area contributed by atoms with E-state index < -0.39 is 80.4 Å². The van der Waals surface area contributed by atoms with E-state index in [0.29, 0.717) is 5.69 Å². The fourth-order valence-corrected chi connectivity index (χ4v) is 5.62. The molecule has 6 rings (SSSR count). The largest absolute Gasteiger partial charge is 0.493 e. The Morgan fingerprint density at radius 3 is 2.12 bits per heavy atom. The maximum absolute atomic E-state index is 14.9. The lowest BCUT2D eigenvalue weighted by Gasteiger charge is -2.25. The zero-order valence-electron chi connectivity index (χ0n) is 25.0. The minimum absolute atomic E-state index is 0.0488. The number of nitrogens with zero attached hydrogens (tertiary/aromatic N) is 4. The van der Waals surface area contributed by atoms with Gasteiger partial charge in [-0.2, -0.15) is 26.3 Å². The van der Waals surface area contributed by atoms with Crippen molar-refractivity contribution >= 4 is 39.5 Å². The minimum atomic E-state index is -5.86. The number of halogens is 8. The molecule has 4 N–H and O–H groups in total. The molecular weight excluding hydrogens is 690 g/mol. The monoisotopic (exact) mass is 710 g/mol. The molecule has 1 aliphatic rings. The molecule has 1 unspecified atom stereocenters. The van der Waals surface area contributed by atoms with Gasteiger partial charge in [0.05, 0.1) is 21.9 Å². The first-order valence-corrected chi connectivity index (χ1v) is 14.1. The van der Waals surface area contributed by atoms with Gasteiger partial charge in [0.15, 0.2) is 0 Å². The van der Waals surface area contributed by atoms with Crippen LogP contribution in [0.1, 0.15) is 33.9 Å². The number of esters is 1. The predicted molar refractivity (Wildman–Crippen MR) is 154 cm³/mol. The van der Waals surface area contributed by atoms with Crippen molar-refractivity contribution in [3.63, 3.8) is 0 Å². The number of nitroso groups, excluding NO2 is 1. The van der Waals surface area contributed by atoms with Crippen molar-refractivity contribution in [3.05, 3.63) is 105 Å². The molecule has 0 saturated carbocycles. The van der Waals surface area contributed by atoms with Gasteiger partial charge in [-0.05, 0) is 60.4 Å². The van der Waals surface area contributed by atoms with Crippen LogP contribution in [-0.2, 0) is 37.9 Å². The van der Waals surface area contributed by atoms with E-state index in [1.807, 2.05) is 0 Å². The van der Waals surface area contributed by atoms with Crippen molar-refractivity contribution in [2.45, 2.75) is 38.0 Å². The second-order valence-electron chi connectivity index (χ2n) is 10.9. The van der Waals surface area contributed by atoms with Crippen molar-refractivity contribution in [2.75, 3.05) is 0 Å². The lowest BCUT2D eigenvalue weighted by molar-refractivity contribution is -0.826. The number of hydrogen-bond donors (Lipinski definition) is 3. The Morgan fingerprint density at radius 2 is 1.50 bits per heavy atom. The molecule has 2 aromatic carbocycles. The first-order chi connectivity index (χ1) is 23.4. The Bertz CT molecular complexity index is 2240. The van der Waals surface area contributed by atoms with Crippen LogP contribution in [0, 0.1) is 23.5 Å². The van der Waals surface area contributed by atoms with Crippen molar-refractivity contribution in [2.24, 2.45) is 10.8 Å². The van der Waals surface area contributed by atoms with Gasteiger partial charge in [-0.15, -0.1) is 0 Å². The van der Waals surface area contributed by atoms with Gasteiger partial charge in [-0.3, -0.25) is 9.82 Å². The number of aryl methyl sites for hydroxylation is 1. The zero-order valence-corrected chi connectivity index (χ0v) is 25.0. The summed E-state index contributed by atoms with van der Waals surface area (Å²) in [5, 5.41) is 2.37. The van der Waals surface area contributed by atoms with E-state index in [9.17, 15) is 49.6 Å². The molecule has 1 aliphatic heterocycles. The number of carbonyl (C=O) groups is 2. The van der Waals surface area contributed by atoms with Crippen LogP contribution in [0.25, 0.3) is 21.8 Å². The smallest absolute Gasteiger partial charge is 0.396 e. The molecule has 12 nitrogen and oxygen atoms in total. The molecule has 0 spiro atoms. The number of pyridine rings is 1. The number of aromatic nitrogens is 3. The molecular formula is C30H20F8N7O5+. The highest BCUT2D eigenvalue weighted by Gasteiger charge is 2.71. The van der Waals surface area contributed by atoms with Crippen molar-refractivity contribution in [1.29, 1.82) is 0 Å².